The quantitative estimate of drug-likeness (QED) is 0.868. The molecule has 0 aliphatic rings. The van der Waals surface area contributed by atoms with Gasteiger partial charge in [-0.25, -0.2) is 0 Å². The van der Waals surface area contributed by atoms with E-state index in [1.165, 1.54) is 0 Å². The minimum absolute atomic E-state index is 0.649. The molecule has 0 fully saturated rings. The van der Waals surface area contributed by atoms with Crippen molar-refractivity contribution >= 4 is 35.1 Å². The second kappa shape index (κ2) is 4.86. The molecular formula is C11H18N4S2. The first-order chi connectivity index (χ1) is 8.04. The summed E-state index contributed by atoms with van der Waals surface area (Å²) in [7, 11) is 1.96. The van der Waals surface area contributed by atoms with Crippen molar-refractivity contribution in [3.63, 3.8) is 0 Å². The lowest BCUT2D eigenvalue weighted by atomic mass is 10.3. The van der Waals surface area contributed by atoms with Crippen molar-refractivity contribution in [1.82, 2.24) is 19.3 Å². The predicted octanol–water partition coefficient (Wildman–Crippen LogP) is 2.88. The second-order valence-corrected chi connectivity index (χ2v) is 5.99. The first-order valence-electron chi connectivity index (χ1n) is 5.69. The van der Waals surface area contributed by atoms with E-state index in [2.05, 4.69) is 27.8 Å². The summed E-state index contributed by atoms with van der Waals surface area (Å²) in [5, 5.41) is 5.06. The molecule has 0 saturated carbocycles. The maximum absolute atomic E-state index is 5.37. The lowest BCUT2D eigenvalue weighted by molar-refractivity contribution is 0.625. The Hall–Kier alpha value is -0.750. The molecule has 0 amide bonds. The average molecular weight is 270 g/mol. The number of aromatic nitrogens is 4. The van der Waals surface area contributed by atoms with Gasteiger partial charge in [-0.05, 0) is 31.8 Å². The van der Waals surface area contributed by atoms with E-state index < -0.39 is 0 Å². The van der Waals surface area contributed by atoms with Gasteiger partial charge in [0, 0.05) is 18.8 Å². The number of hydrogen-bond acceptors (Lipinski definition) is 3. The lowest BCUT2D eigenvalue weighted by Gasteiger charge is -2.09. The van der Waals surface area contributed by atoms with Crippen LogP contribution in [0.4, 0.5) is 0 Å². The molecule has 17 heavy (non-hydrogen) atoms. The molecule has 2 aromatic rings. The van der Waals surface area contributed by atoms with Gasteiger partial charge in [0.2, 0.25) is 0 Å². The number of nitrogens with one attached hydrogen (secondary N) is 1. The standard InChI is InChI=1S/C11H18N4S2/c1-7(17-4)5-6-15-10-9(12-11(15)16)8(2)13-14(10)3/h7H,5-6H2,1-4H3,(H,12,16). The normalized spacial score (nSPS) is 13.4. The topological polar surface area (TPSA) is 38.5 Å². The number of rotatable bonds is 4. The van der Waals surface area contributed by atoms with Crippen LogP contribution in [0.2, 0.25) is 0 Å². The molecule has 0 aromatic carbocycles. The smallest absolute Gasteiger partial charge is 0.179 e. The Balaban J connectivity index is 2.39. The number of thioether (sulfide) groups is 1. The Labute approximate surface area is 110 Å². The predicted molar refractivity (Wildman–Crippen MR) is 76.2 cm³/mol. The summed E-state index contributed by atoms with van der Waals surface area (Å²) in [6.45, 7) is 5.19. The molecule has 0 aliphatic heterocycles. The number of aromatic amines is 1. The molecule has 4 nitrogen and oxygen atoms in total. The molecule has 1 unspecified atom stereocenters. The maximum atomic E-state index is 5.37. The van der Waals surface area contributed by atoms with Crippen molar-refractivity contribution in [3.05, 3.63) is 10.5 Å². The molecule has 6 heteroatoms. The highest BCUT2D eigenvalue weighted by atomic mass is 32.2. The average Bonchev–Trinajstić information content (AvgIpc) is 2.75. The zero-order valence-corrected chi connectivity index (χ0v) is 12.3. The van der Waals surface area contributed by atoms with E-state index in [9.17, 15) is 0 Å². The molecule has 2 aromatic heterocycles. The van der Waals surface area contributed by atoms with E-state index in [0.717, 1.165) is 34.6 Å². The summed E-state index contributed by atoms with van der Waals surface area (Å²) >= 11 is 7.26. The highest BCUT2D eigenvalue weighted by Crippen LogP contribution is 2.19. The number of nitrogens with zero attached hydrogens (tertiary/aromatic N) is 3. The Morgan fingerprint density at radius 2 is 2.24 bits per heavy atom. The summed E-state index contributed by atoms with van der Waals surface area (Å²) in [5.41, 5.74) is 3.17. The van der Waals surface area contributed by atoms with Crippen LogP contribution < -0.4 is 0 Å². The zero-order chi connectivity index (χ0) is 12.6. The molecule has 0 aliphatic carbocycles. The fourth-order valence-corrected chi connectivity index (χ4v) is 2.63. The van der Waals surface area contributed by atoms with Crippen LogP contribution in [0.3, 0.4) is 0 Å². The van der Waals surface area contributed by atoms with Crippen molar-refractivity contribution in [1.29, 1.82) is 0 Å². The second-order valence-electron chi connectivity index (χ2n) is 4.32. The molecule has 0 spiro atoms. The largest absolute Gasteiger partial charge is 0.328 e. The highest BCUT2D eigenvalue weighted by Gasteiger charge is 2.12. The Morgan fingerprint density at radius 3 is 2.88 bits per heavy atom. The van der Waals surface area contributed by atoms with Gasteiger partial charge in [-0.2, -0.15) is 16.9 Å². The molecule has 94 valence electrons. The van der Waals surface area contributed by atoms with Gasteiger partial charge >= 0.3 is 0 Å². The SMILES string of the molecule is CSC(C)CCn1c(=S)[nH]c2c(C)nn(C)c21. The summed E-state index contributed by atoms with van der Waals surface area (Å²) in [5.74, 6) is 0. The first-order valence-corrected chi connectivity index (χ1v) is 7.39. The van der Waals surface area contributed by atoms with Crippen molar-refractivity contribution in [2.45, 2.75) is 32.1 Å². The van der Waals surface area contributed by atoms with E-state index in [1.807, 2.05) is 30.4 Å². The minimum Gasteiger partial charge on any atom is -0.328 e. The van der Waals surface area contributed by atoms with Gasteiger partial charge in [0.1, 0.15) is 5.52 Å². The van der Waals surface area contributed by atoms with Crippen LogP contribution in [0.25, 0.3) is 11.2 Å². The molecule has 1 atom stereocenters. The first kappa shape index (κ1) is 12.7. The van der Waals surface area contributed by atoms with Gasteiger partial charge in [0.25, 0.3) is 0 Å². The fourth-order valence-electron chi connectivity index (χ4n) is 2.01. The third-order valence-corrected chi connectivity index (χ3v) is 4.45. The van der Waals surface area contributed by atoms with Gasteiger partial charge in [-0.1, -0.05) is 6.92 Å². The van der Waals surface area contributed by atoms with Gasteiger partial charge in [-0.3, -0.25) is 4.68 Å². The third kappa shape index (κ3) is 2.28. The molecular weight excluding hydrogens is 252 g/mol. The van der Waals surface area contributed by atoms with Crippen LogP contribution in [0.1, 0.15) is 19.0 Å². The maximum Gasteiger partial charge on any atom is 0.179 e. The molecule has 0 saturated heterocycles. The van der Waals surface area contributed by atoms with E-state index in [4.69, 9.17) is 12.2 Å². The Morgan fingerprint density at radius 1 is 1.53 bits per heavy atom. The highest BCUT2D eigenvalue weighted by molar-refractivity contribution is 7.99. The van der Waals surface area contributed by atoms with Crippen molar-refractivity contribution in [2.24, 2.45) is 7.05 Å². The number of H-pyrrole nitrogens is 1. The number of imidazole rings is 1. The zero-order valence-electron chi connectivity index (χ0n) is 10.6. The van der Waals surface area contributed by atoms with Gasteiger partial charge in [0.05, 0.1) is 5.69 Å². The van der Waals surface area contributed by atoms with Crippen molar-refractivity contribution < 1.29 is 0 Å². The minimum atomic E-state index is 0.649. The van der Waals surface area contributed by atoms with E-state index >= 15 is 0 Å². The van der Waals surface area contributed by atoms with Crippen LogP contribution in [0.15, 0.2) is 0 Å². The molecule has 1 N–H and O–H groups in total. The Kier molecular flexibility index (Phi) is 3.63. The van der Waals surface area contributed by atoms with Crippen molar-refractivity contribution in [3.8, 4) is 0 Å². The third-order valence-electron chi connectivity index (χ3n) is 3.09. The number of aryl methyl sites for hydroxylation is 3. The lowest BCUT2D eigenvalue weighted by Crippen LogP contribution is -2.07. The number of hydrogen-bond donors (Lipinski definition) is 1. The van der Waals surface area contributed by atoms with Crippen LogP contribution in [-0.2, 0) is 13.6 Å². The molecule has 2 rings (SSSR count). The fraction of sp³-hybridized carbons (Fsp3) is 0.636. The van der Waals surface area contributed by atoms with E-state index in [0.29, 0.717) is 5.25 Å². The van der Waals surface area contributed by atoms with Crippen LogP contribution in [0, 0.1) is 11.7 Å². The van der Waals surface area contributed by atoms with Crippen LogP contribution >= 0.6 is 24.0 Å². The van der Waals surface area contributed by atoms with Gasteiger partial charge < -0.3 is 9.55 Å². The summed E-state index contributed by atoms with van der Waals surface area (Å²) in [6.07, 6.45) is 3.26. The summed E-state index contributed by atoms with van der Waals surface area (Å²) in [4.78, 5) is 3.25. The summed E-state index contributed by atoms with van der Waals surface area (Å²) < 4.78 is 4.85. The van der Waals surface area contributed by atoms with Crippen molar-refractivity contribution in [2.75, 3.05) is 6.26 Å². The van der Waals surface area contributed by atoms with Gasteiger partial charge in [0.15, 0.2) is 10.4 Å². The molecule has 2 heterocycles. The van der Waals surface area contributed by atoms with Crippen LogP contribution in [0.5, 0.6) is 0 Å². The van der Waals surface area contributed by atoms with E-state index in [-0.39, 0.29) is 0 Å². The number of fused-ring (bicyclic) bond motifs is 1. The Bertz CT molecular complexity index is 578. The molecule has 0 bridgehead atoms. The van der Waals surface area contributed by atoms with Crippen LogP contribution in [-0.4, -0.2) is 30.8 Å². The van der Waals surface area contributed by atoms with E-state index in [1.54, 1.807) is 0 Å². The monoisotopic (exact) mass is 270 g/mol. The molecule has 0 radical (unpaired) electrons. The van der Waals surface area contributed by atoms with Gasteiger partial charge in [-0.15, -0.1) is 0 Å². The summed E-state index contributed by atoms with van der Waals surface area (Å²) in [6, 6.07) is 0.